The lowest BCUT2D eigenvalue weighted by Gasteiger charge is -2.33. The molecule has 0 aromatic heterocycles. The molecule has 1 aliphatic carbocycles. The van der Waals surface area contributed by atoms with Crippen molar-refractivity contribution in [2.24, 2.45) is 0 Å². The topological polar surface area (TPSA) is 32.7 Å². The van der Waals surface area contributed by atoms with Crippen molar-refractivity contribution in [3.05, 3.63) is 0 Å². The van der Waals surface area contributed by atoms with Gasteiger partial charge in [0.05, 0.1) is 12.7 Å². The predicted molar refractivity (Wildman–Crippen MR) is 52.8 cm³/mol. The highest BCUT2D eigenvalue weighted by molar-refractivity contribution is 4.78. The van der Waals surface area contributed by atoms with E-state index in [1.165, 1.54) is 6.42 Å². The van der Waals surface area contributed by atoms with E-state index in [0.29, 0.717) is 6.04 Å². The summed E-state index contributed by atoms with van der Waals surface area (Å²) in [6, 6.07) is 0.555. The maximum atomic E-state index is 9.50. The minimum absolute atomic E-state index is 0.0799. The first kappa shape index (κ1) is 11.0. The van der Waals surface area contributed by atoms with Crippen LogP contribution in [0.15, 0.2) is 0 Å². The van der Waals surface area contributed by atoms with Gasteiger partial charge in [-0.1, -0.05) is 0 Å². The van der Waals surface area contributed by atoms with Crippen LogP contribution in [0, 0.1) is 0 Å². The quantitative estimate of drug-likeness (QED) is 0.709. The lowest BCUT2D eigenvalue weighted by atomic mass is 9.92. The van der Waals surface area contributed by atoms with Crippen molar-refractivity contribution in [3.63, 3.8) is 0 Å². The summed E-state index contributed by atoms with van der Waals surface area (Å²) in [6.45, 7) is 1.75. The Bertz CT molecular complexity index is 141. The Labute approximate surface area is 80.7 Å². The second-order valence-electron chi connectivity index (χ2n) is 3.95. The van der Waals surface area contributed by atoms with E-state index in [9.17, 15) is 5.11 Å². The first-order chi connectivity index (χ1) is 6.24. The Hall–Kier alpha value is -0.120. The Morgan fingerprint density at radius 2 is 2.23 bits per heavy atom. The number of aliphatic hydroxyl groups excluding tert-OH is 1. The van der Waals surface area contributed by atoms with Crippen LogP contribution in [0.1, 0.15) is 25.7 Å². The third kappa shape index (κ3) is 3.63. The molecule has 3 heteroatoms. The molecule has 13 heavy (non-hydrogen) atoms. The molecule has 1 fully saturated rings. The summed E-state index contributed by atoms with van der Waals surface area (Å²) in [7, 11) is 3.84. The second kappa shape index (κ2) is 5.58. The third-order valence-corrected chi connectivity index (χ3v) is 2.89. The zero-order chi connectivity index (χ0) is 9.68. The Morgan fingerprint density at radius 3 is 2.85 bits per heavy atom. The Morgan fingerprint density at radius 1 is 1.46 bits per heavy atom. The molecule has 1 N–H and O–H groups in total. The molecule has 0 saturated heterocycles. The van der Waals surface area contributed by atoms with Crippen LogP contribution in [0.4, 0.5) is 0 Å². The van der Waals surface area contributed by atoms with E-state index in [2.05, 4.69) is 11.9 Å². The fraction of sp³-hybridized carbons (Fsp3) is 1.00. The normalized spacial score (nSPS) is 29.5. The van der Waals surface area contributed by atoms with E-state index in [-0.39, 0.29) is 6.10 Å². The molecule has 3 nitrogen and oxygen atoms in total. The number of ether oxygens (including phenoxy) is 1. The molecule has 2 unspecified atom stereocenters. The predicted octanol–water partition coefficient (Wildman–Crippen LogP) is 0.868. The summed E-state index contributed by atoms with van der Waals surface area (Å²) in [5.41, 5.74) is 0. The van der Waals surface area contributed by atoms with Gasteiger partial charge in [0.1, 0.15) is 0 Å². The Kier molecular flexibility index (Phi) is 4.70. The molecule has 0 aliphatic heterocycles. The van der Waals surface area contributed by atoms with Gasteiger partial charge in [-0.05, 0) is 32.7 Å². The smallest absolute Gasteiger partial charge is 0.0589 e. The van der Waals surface area contributed by atoms with Crippen LogP contribution >= 0.6 is 0 Å². The van der Waals surface area contributed by atoms with Gasteiger partial charge in [0, 0.05) is 19.7 Å². The lowest BCUT2D eigenvalue weighted by Crippen LogP contribution is -2.39. The van der Waals surface area contributed by atoms with Crippen molar-refractivity contribution in [2.75, 3.05) is 27.3 Å². The Balaban J connectivity index is 2.24. The van der Waals surface area contributed by atoms with Crippen LogP contribution in [0.25, 0.3) is 0 Å². The lowest BCUT2D eigenvalue weighted by molar-refractivity contribution is 0.0603. The summed E-state index contributed by atoms with van der Waals surface area (Å²) < 4.78 is 5.03. The summed E-state index contributed by atoms with van der Waals surface area (Å²) >= 11 is 0. The third-order valence-electron chi connectivity index (χ3n) is 2.89. The number of aliphatic hydroxyl groups is 1. The van der Waals surface area contributed by atoms with Gasteiger partial charge in [-0.15, -0.1) is 0 Å². The highest BCUT2D eigenvalue weighted by Crippen LogP contribution is 2.21. The molecule has 1 saturated carbocycles. The molecule has 2 atom stereocenters. The van der Waals surface area contributed by atoms with Crippen molar-refractivity contribution < 1.29 is 9.84 Å². The van der Waals surface area contributed by atoms with Crippen molar-refractivity contribution in [2.45, 2.75) is 37.8 Å². The molecule has 1 aliphatic rings. The molecule has 0 radical (unpaired) electrons. The first-order valence-corrected chi connectivity index (χ1v) is 5.11. The summed E-state index contributed by atoms with van der Waals surface area (Å²) in [5.74, 6) is 0. The molecular weight excluding hydrogens is 166 g/mol. The van der Waals surface area contributed by atoms with Crippen molar-refractivity contribution >= 4 is 0 Å². The average molecular weight is 187 g/mol. The van der Waals surface area contributed by atoms with Gasteiger partial charge in [0.2, 0.25) is 0 Å². The van der Waals surface area contributed by atoms with E-state index in [1.807, 2.05) is 0 Å². The van der Waals surface area contributed by atoms with Gasteiger partial charge in [-0.3, -0.25) is 0 Å². The van der Waals surface area contributed by atoms with Gasteiger partial charge >= 0.3 is 0 Å². The van der Waals surface area contributed by atoms with Crippen LogP contribution in [-0.4, -0.2) is 49.5 Å². The molecule has 78 valence electrons. The van der Waals surface area contributed by atoms with Gasteiger partial charge < -0.3 is 14.7 Å². The van der Waals surface area contributed by atoms with Crippen LogP contribution in [-0.2, 0) is 4.74 Å². The van der Waals surface area contributed by atoms with E-state index in [0.717, 1.165) is 32.4 Å². The molecule has 0 amide bonds. The zero-order valence-corrected chi connectivity index (χ0v) is 8.70. The number of methoxy groups -OCH3 is 1. The summed E-state index contributed by atoms with van der Waals surface area (Å²) in [6.07, 6.45) is 4.21. The van der Waals surface area contributed by atoms with Crippen molar-refractivity contribution in [1.82, 2.24) is 4.90 Å². The molecule has 0 bridgehead atoms. The number of hydrogen-bond donors (Lipinski definition) is 1. The molecule has 1 rings (SSSR count). The van der Waals surface area contributed by atoms with Crippen LogP contribution in [0.3, 0.4) is 0 Å². The van der Waals surface area contributed by atoms with Gasteiger partial charge in [0.15, 0.2) is 0 Å². The van der Waals surface area contributed by atoms with E-state index in [4.69, 9.17) is 4.74 Å². The van der Waals surface area contributed by atoms with Gasteiger partial charge in [-0.2, -0.15) is 0 Å². The highest BCUT2D eigenvalue weighted by Gasteiger charge is 2.22. The summed E-state index contributed by atoms with van der Waals surface area (Å²) in [5, 5.41) is 9.50. The second-order valence-corrected chi connectivity index (χ2v) is 3.95. The summed E-state index contributed by atoms with van der Waals surface area (Å²) in [4.78, 5) is 2.30. The monoisotopic (exact) mass is 187 g/mol. The van der Waals surface area contributed by atoms with E-state index < -0.39 is 0 Å². The first-order valence-electron chi connectivity index (χ1n) is 5.11. The van der Waals surface area contributed by atoms with Gasteiger partial charge in [0.25, 0.3) is 0 Å². The standard InChI is InChI=1S/C10H21NO2/c1-11(6-7-13-2)9-4-3-5-10(12)8-9/h9-10,12H,3-8H2,1-2H3. The maximum Gasteiger partial charge on any atom is 0.0589 e. The largest absolute Gasteiger partial charge is 0.393 e. The minimum atomic E-state index is -0.0799. The van der Waals surface area contributed by atoms with Crippen LogP contribution in [0.2, 0.25) is 0 Å². The van der Waals surface area contributed by atoms with Crippen LogP contribution < -0.4 is 0 Å². The number of nitrogens with zero attached hydrogens (tertiary/aromatic N) is 1. The average Bonchev–Trinajstić information content (AvgIpc) is 2.14. The molecule has 0 heterocycles. The zero-order valence-electron chi connectivity index (χ0n) is 8.70. The van der Waals surface area contributed by atoms with E-state index >= 15 is 0 Å². The van der Waals surface area contributed by atoms with Crippen LogP contribution in [0.5, 0.6) is 0 Å². The van der Waals surface area contributed by atoms with Crippen molar-refractivity contribution in [3.8, 4) is 0 Å². The minimum Gasteiger partial charge on any atom is -0.393 e. The fourth-order valence-electron chi connectivity index (χ4n) is 1.96. The number of rotatable bonds is 4. The molecule has 0 aromatic rings. The van der Waals surface area contributed by atoms with Crippen molar-refractivity contribution in [1.29, 1.82) is 0 Å². The fourth-order valence-corrected chi connectivity index (χ4v) is 1.96. The maximum absolute atomic E-state index is 9.50. The number of likely N-dealkylation sites (N-methyl/N-ethyl adjacent to an activating group) is 1. The molecule has 0 spiro atoms. The number of hydrogen-bond acceptors (Lipinski definition) is 3. The molecule has 0 aromatic carbocycles. The SMILES string of the molecule is COCCN(C)C1CCCC(O)C1. The van der Waals surface area contributed by atoms with E-state index in [1.54, 1.807) is 7.11 Å². The van der Waals surface area contributed by atoms with Gasteiger partial charge in [-0.25, -0.2) is 0 Å². The highest BCUT2D eigenvalue weighted by atomic mass is 16.5. The molecular formula is C10H21NO2.